The Hall–Kier alpha value is -2.24. The van der Waals surface area contributed by atoms with Gasteiger partial charge in [-0.15, -0.1) is 0 Å². The molecule has 0 fully saturated rings. The van der Waals surface area contributed by atoms with Crippen LogP contribution in [0.4, 0.5) is 5.69 Å². The highest BCUT2D eigenvalue weighted by Gasteiger charge is 2.17. The predicted molar refractivity (Wildman–Crippen MR) is 61.5 cm³/mol. The van der Waals surface area contributed by atoms with Gasteiger partial charge in [0.05, 0.1) is 12.7 Å². The second-order valence-electron chi connectivity index (χ2n) is 3.51. The molecule has 92 valence electrons. The first-order valence-electron chi connectivity index (χ1n) is 4.86. The number of carbonyl (C=O) groups excluding carboxylic acids is 2. The quantitative estimate of drug-likeness (QED) is 0.446. The monoisotopic (exact) mass is 238 g/mol. The Bertz CT molecular complexity index is 445. The summed E-state index contributed by atoms with van der Waals surface area (Å²) in [5.41, 5.74) is 6.01. The van der Waals surface area contributed by atoms with Crippen molar-refractivity contribution in [1.29, 1.82) is 0 Å². The number of methoxy groups -OCH3 is 1. The number of likely N-dealkylation sites (N-methyl/N-ethyl adjacent to an activating group) is 1. The van der Waals surface area contributed by atoms with Gasteiger partial charge in [-0.1, -0.05) is 0 Å². The summed E-state index contributed by atoms with van der Waals surface area (Å²) in [5.74, 6) is -1.04. The van der Waals surface area contributed by atoms with E-state index in [9.17, 15) is 14.7 Å². The van der Waals surface area contributed by atoms with E-state index in [1.165, 1.54) is 32.4 Å². The number of nitrogens with two attached hydrogens (primary N) is 1. The van der Waals surface area contributed by atoms with Crippen LogP contribution in [0.3, 0.4) is 0 Å². The third-order valence-electron chi connectivity index (χ3n) is 2.21. The largest absolute Gasteiger partial charge is 0.508 e. The van der Waals surface area contributed by atoms with Crippen LogP contribution in [0.1, 0.15) is 10.4 Å². The molecule has 6 heteroatoms. The molecular weight excluding hydrogens is 224 g/mol. The fraction of sp³-hybridized carbons (Fsp3) is 0.273. The summed E-state index contributed by atoms with van der Waals surface area (Å²) < 4.78 is 4.45. The fourth-order valence-electron chi connectivity index (χ4n) is 1.27. The highest BCUT2D eigenvalue weighted by Crippen LogP contribution is 2.19. The van der Waals surface area contributed by atoms with Crippen molar-refractivity contribution < 1.29 is 19.4 Å². The number of carbonyl (C=O) groups is 2. The second-order valence-corrected chi connectivity index (χ2v) is 3.51. The molecule has 1 aromatic carbocycles. The zero-order valence-corrected chi connectivity index (χ0v) is 9.64. The first-order chi connectivity index (χ1) is 7.95. The van der Waals surface area contributed by atoms with Crippen molar-refractivity contribution in [1.82, 2.24) is 4.90 Å². The molecule has 0 saturated heterocycles. The molecule has 17 heavy (non-hydrogen) atoms. The molecule has 0 radical (unpaired) electrons. The van der Waals surface area contributed by atoms with Gasteiger partial charge >= 0.3 is 5.97 Å². The lowest BCUT2D eigenvalue weighted by Gasteiger charge is -2.16. The summed E-state index contributed by atoms with van der Waals surface area (Å²) in [7, 11) is 2.69. The molecule has 0 saturated carbocycles. The van der Waals surface area contributed by atoms with E-state index in [1.807, 2.05) is 0 Å². The third kappa shape index (κ3) is 3.10. The van der Waals surface area contributed by atoms with Gasteiger partial charge in [0.25, 0.3) is 5.91 Å². The maximum absolute atomic E-state index is 11.9. The number of esters is 1. The lowest BCUT2D eigenvalue weighted by Crippen LogP contribution is -2.33. The maximum atomic E-state index is 11.9. The summed E-state index contributed by atoms with van der Waals surface area (Å²) in [4.78, 5) is 24.1. The molecule has 1 amide bonds. The summed E-state index contributed by atoms with van der Waals surface area (Å²) in [6.07, 6.45) is 0. The molecular formula is C11H14N2O4. The number of anilines is 1. The lowest BCUT2D eigenvalue weighted by molar-refractivity contribution is -0.141. The fourth-order valence-corrected chi connectivity index (χ4v) is 1.27. The number of nitrogen functional groups attached to an aromatic ring is 1. The van der Waals surface area contributed by atoms with Crippen molar-refractivity contribution >= 4 is 17.6 Å². The van der Waals surface area contributed by atoms with Gasteiger partial charge in [-0.2, -0.15) is 0 Å². The lowest BCUT2D eigenvalue weighted by atomic mass is 10.1. The Kier molecular flexibility index (Phi) is 3.92. The highest BCUT2D eigenvalue weighted by molar-refractivity contribution is 6.00. The van der Waals surface area contributed by atoms with Crippen LogP contribution in [0.25, 0.3) is 0 Å². The molecule has 0 aliphatic rings. The number of phenolic OH excluding ortho intramolecular Hbond substituents is 1. The van der Waals surface area contributed by atoms with Crippen molar-refractivity contribution in [3.05, 3.63) is 23.8 Å². The standard InChI is InChI=1S/C11H14N2O4/c1-13(6-10(15)17-2)11(16)8-5-7(14)3-4-9(8)12/h3-5,14H,6,12H2,1-2H3. The predicted octanol–water partition coefficient (Wildman–Crippen LogP) is 0.219. The van der Waals surface area contributed by atoms with E-state index in [-0.39, 0.29) is 23.5 Å². The minimum Gasteiger partial charge on any atom is -0.508 e. The van der Waals surface area contributed by atoms with Crippen LogP contribution < -0.4 is 5.73 Å². The third-order valence-corrected chi connectivity index (χ3v) is 2.21. The van der Waals surface area contributed by atoms with Gasteiger partial charge in [0.1, 0.15) is 12.3 Å². The number of ether oxygens (including phenoxy) is 1. The highest BCUT2D eigenvalue weighted by atomic mass is 16.5. The molecule has 1 aromatic rings. The van der Waals surface area contributed by atoms with E-state index in [2.05, 4.69) is 4.74 Å². The smallest absolute Gasteiger partial charge is 0.325 e. The van der Waals surface area contributed by atoms with Gasteiger partial charge in [0.2, 0.25) is 0 Å². The molecule has 3 N–H and O–H groups in total. The molecule has 1 rings (SSSR count). The van der Waals surface area contributed by atoms with Crippen LogP contribution in [0.5, 0.6) is 5.75 Å². The Labute approximate surface area is 98.6 Å². The van der Waals surface area contributed by atoms with Crippen molar-refractivity contribution in [3.8, 4) is 5.75 Å². The van der Waals surface area contributed by atoms with Crippen LogP contribution in [-0.4, -0.2) is 42.6 Å². The first-order valence-corrected chi connectivity index (χ1v) is 4.86. The average Bonchev–Trinajstić information content (AvgIpc) is 2.31. The summed E-state index contributed by atoms with van der Waals surface area (Å²) in [5, 5.41) is 9.28. The molecule has 0 heterocycles. The van der Waals surface area contributed by atoms with Crippen LogP contribution in [0, 0.1) is 0 Å². The number of nitrogens with zero attached hydrogens (tertiary/aromatic N) is 1. The Morgan fingerprint density at radius 2 is 2.12 bits per heavy atom. The molecule has 6 nitrogen and oxygen atoms in total. The van der Waals surface area contributed by atoms with E-state index in [0.717, 1.165) is 4.90 Å². The van der Waals surface area contributed by atoms with Crippen LogP contribution >= 0.6 is 0 Å². The molecule has 0 aliphatic heterocycles. The summed E-state index contributed by atoms with van der Waals surface area (Å²) in [6, 6.07) is 4.06. The zero-order valence-electron chi connectivity index (χ0n) is 9.64. The number of amides is 1. The van der Waals surface area contributed by atoms with Gasteiger partial charge < -0.3 is 20.5 Å². The van der Waals surface area contributed by atoms with Gasteiger partial charge in [-0.25, -0.2) is 0 Å². The zero-order chi connectivity index (χ0) is 13.0. The van der Waals surface area contributed by atoms with Gasteiger partial charge in [-0.05, 0) is 18.2 Å². The van der Waals surface area contributed by atoms with E-state index < -0.39 is 11.9 Å². The van der Waals surface area contributed by atoms with Crippen LogP contribution in [-0.2, 0) is 9.53 Å². The van der Waals surface area contributed by atoms with Crippen molar-refractivity contribution in [3.63, 3.8) is 0 Å². The normalized spacial score (nSPS) is 9.76. The van der Waals surface area contributed by atoms with Gasteiger partial charge in [-0.3, -0.25) is 9.59 Å². The molecule has 0 aromatic heterocycles. The summed E-state index contributed by atoms with van der Waals surface area (Å²) in [6.45, 7) is -0.176. The van der Waals surface area contributed by atoms with E-state index >= 15 is 0 Å². The maximum Gasteiger partial charge on any atom is 0.325 e. The number of rotatable bonds is 3. The van der Waals surface area contributed by atoms with Crippen LogP contribution in [0.2, 0.25) is 0 Å². The molecule has 0 aliphatic carbocycles. The number of hydrogen-bond acceptors (Lipinski definition) is 5. The van der Waals surface area contributed by atoms with Crippen molar-refractivity contribution in [2.75, 3.05) is 26.4 Å². The first kappa shape index (κ1) is 12.8. The molecule has 0 bridgehead atoms. The number of benzene rings is 1. The average molecular weight is 238 g/mol. The minimum absolute atomic E-state index is 0.0611. The van der Waals surface area contributed by atoms with Crippen LogP contribution in [0.15, 0.2) is 18.2 Å². The Morgan fingerprint density at radius 3 is 2.71 bits per heavy atom. The molecule has 0 unspecified atom stereocenters. The topological polar surface area (TPSA) is 92.9 Å². The SMILES string of the molecule is COC(=O)CN(C)C(=O)c1cc(O)ccc1N. The van der Waals surface area contributed by atoms with E-state index in [4.69, 9.17) is 5.73 Å². The van der Waals surface area contributed by atoms with E-state index in [0.29, 0.717) is 0 Å². The minimum atomic E-state index is -0.528. The Balaban J connectivity index is 2.88. The number of phenols is 1. The van der Waals surface area contributed by atoms with Gasteiger partial charge in [0, 0.05) is 12.7 Å². The Morgan fingerprint density at radius 1 is 1.47 bits per heavy atom. The second kappa shape index (κ2) is 5.20. The number of hydrogen-bond donors (Lipinski definition) is 2. The van der Waals surface area contributed by atoms with Gasteiger partial charge in [0.15, 0.2) is 0 Å². The number of aromatic hydroxyl groups is 1. The van der Waals surface area contributed by atoms with Crippen molar-refractivity contribution in [2.24, 2.45) is 0 Å². The van der Waals surface area contributed by atoms with Crippen molar-refractivity contribution in [2.45, 2.75) is 0 Å². The summed E-state index contributed by atoms with van der Waals surface area (Å²) >= 11 is 0. The van der Waals surface area contributed by atoms with E-state index in [1.54, 1.807) is 0 Å². The molecule has 0 spiro atoms. The molecule has 0 atom stereocenters.